The van der Waals surface area contributed by atoms with E-state index in [0.717, 1.165) is 29.0 Å². The lowest BCUT2D eigenvalue weighted by atomic mass is 10.2. The lowest BCUT2D eigenvalue weighted by Crippen LogP contribution is -2.06. The van der Waals surface area contributed by atoms with Gasteiger partial charge < -0.3 is 10.3 Å². The second-order valence-corrected chi connectivity index (χ2v) is 5.74. The number of rotatable bonds is 2. The number of aromatic nitrogens is 2. The molecule has 0 atom stereocenters. The van der Waals surface area contributed by atoms with E-state index in [1.54, 1.807) is 11.3 Å². The molecule has 3 rings (SSSR count). The molecule has 0 aromatic carbocycles. The summed E-state index contributed by atoms with van der Waals surface area (Å²) in [6, 6.07) is 2.13. The summed E-state index contributed by atoms with van der Waals surface area (Å²) in [5, 5.41) is 2.10. The number of halogens is 1. The highest BCUT2D eigenvalue weighted by Gasteiger charge is 2.22. The fourth-order valence-electron chi connectivity index (χ4n) is 2.25. The molecule has 0 radical (unpaired) electrons. The van der Waals surface area contributed by atoms with Gasteiger partial charge in [-0.2, -0.15) is 0 Å². The highest BCUT2D eigenvalue weighted by atomic mass is 79.9. The summed E-state index contributed by atoms with van der Waals surface area (Å²) < 4.78 is 3.41. The zero-order valence-corrected chi connectivity index (χ0v) is 11.1. The fraction of sp³-hybridized carbons (Fsp3) is 0.364. The van der Waals surface area contributed by atoms with Crippen LogP contribution in [-0.2, 0) is 19.5 Å². The molecular weight excluding hydrogens is 286 g/mol. The molecule has 2 aromatic rings. The minimum atomic E-state index is 0.527. The Balaban J connectivity index is 2.14. The minimum Gasteiger partial charge on any atom is -0.330 e. The maximum absolute atomic E-state index is 5.73. The van der Waals surface area contributed by atoms with Crippen molar-refractivity contribution >= 4 is 27.3 Å². The van der Waals surface area contributed by atoms with E-state index in [2.05, 4.69) is 36.9 Å². The van der Waals surface area contributed by atoms with E-state index in [1.165, 1.54) is 17.0 Å². The largest absolute Gasteiger partial charge is 0.330 e. The summed E-state index contributed by atoms with van der Waals surface area (Å²) in [5.41, 5.74) is 8.22. The molecule has 5 heteroatoms. The smallest absolute Gasteiger partial charge is 0.123 e. The monoisotopic (exact) mass is 297 g/mol. The van der Waals surface area contributed by atoms with Gasteiger partial charge in [0.05, 0.1) is 11.4 Å². The van der Waals surface area contributed by atoms with E-state index < -0.39 is 0 Å². The van der Waals surface area contributed by atoms with Crippen molar-refractivity contribution in [2.24, 2.45) is 5.73 Å². The van der Waals surface area contributed by atoms with E-state index in [4.69, 9.17) is 5.73 Å². The van der Waals surface area contributed by atoms with Crippen molar-refractivity contribution in [3.8, 4) is 10.6 Å². The van der Waals surface area contributed by atoms with Crippen molar-refractivity contribution in [2.45, 2.75) is 25.9 Å². The third-order valence-corrected chi connectivity index (χ3v) is 4.63. The molecule has 0 bridgehead atoms. The van der Waals surface area contributed by atoms with Gasteiger partial charge in [0.15, 0.2) is 0 Å². The molecule has 2 aromatic heterocycles. The maximum Gasteiger partial charge on any atom is 0.123 e. The topological polar surface area (TPSA) is 43.8 Å². The van der Waals surface area contributed by atoms with Crippen LogP contribution in [0, 0.1) is 0 Å². The molecule has 3 heterocycles. The van der Waals surface area contributed by atoms with Crippen molar-refractivity contribution in [2.75, 3.05) is 0 Å². The van der Waals surface area contributed by atoms with Crippen molar-refractivity contribution in [1.82, 2.24) is 9.55 Å². The highest BCUT2D eigenvalue weighted by molar-refractivity contribution is 9.10. The number of nitrogens with zero attached hydrogens (tertiary/aromatic N) is 2. The minimum absolute atomic E-state index is 0.527. The van der Waals surface area contributed by atoms with Crippen LogP contribution in [-0.4, -0.2) is 9.55 Å². The Kier molecular flexibility index (Phi) is 2.61. The van der Waals surface area contributed by atoms with Gasteiger partial charge in [0, 0.05) is 22.1 Å². The molecule has 2 N–H and O–H groups in total. The van der Waals surface area contributed by atoms with Gasteiger partial charge in [0.25, 0.3) is 0 Å². The van der Waals surface area contributed by atoms with Crippen molar-refractivity contribution in [3.05, 3.63) is 27.4 Å². The van der Waals surface area contributed by atoms with E-state index in [1.807, 2.05) is 0 Å². The van der Waals surface area contributed by atoms with E-state index in [0.29, 0.717) is 6.54 Å². The normalized spacial score (nSPS) is 14.4. The predicted molar refractivity (Wildman–Crippen MR) is 69.5 cm³/mol. The van der Waals surface area contributed by atoms with Crippen LogP contribution in [0.25, 0.3) is 10.6 Å². The van der Waals surface area contributed by atoms with E-state index in [9.17, 15) is 0 Å². The SMILES string of the molecule is NCc1nc(-c2cc(Br)cs2)c2n1CCC2. The molecule has 1 aliphatic rings. The highest BCUT2D eigenvalue weighted by Crippen LogP contribution is 2.34. The van der Waals surface area contributed by atoms with Crippen LogP contribution in [0.2, 0.25) is 0 Å². The summed E-state index contributed by atoms with van der Waals surface area (Å²) in [5.74, 6) is 1.02. The second kappa shape index (κ2) is 3.98. The van der Waals surface area contributed by atoms with Gasteiger partial charge in [-0.3, -0.25) is 0 Å². The standard InChI is InChI=1S/C11H12BrN3S/c12-7-4-9(16-6-7)11-8-2-1-3-15(8)10(5-13)14-11/h4,6H,1-3,5,13H2. The van der Waals surface area contributed by atoms with Gasteiger partial charge in [-0.15, -0.1) is 11.3 Å². The first-order valence-electron chi connectivity index (χ1n) is 5.32. The average molecular weight is 298 g/mol. The molecule has 0 saturated heterocycles. The molecule has 3 nitrogen and oxygen atoms in total. The summed E-state index contributed by atoms with van der Waals surface area (Å²) in [6.45, 7) is 1.60. The molecule has 0 unspecified atom stereocenters. The van der Waals surface area contributed by atoms with Gasteiger partial charge in [-0.05, 0) is 34.8 Å². The Hall–Kier alpha value is -0.650. The second-order valence-electron chi connectivity index (χ2n) is 3.91. The number of thiophene rings is 1. The number of hydrogen-bond donors (Lipinski definition) is 1. The lowest BCUT2D eigenvalue weighted by Gasteiger charge is -1.99. The fourth-order valence-corrected chi connectivity index (χ4v) is 3.69. The Morgan fingerprint density at radius 1 is 1.56 bits per heavy atom. The quantitative estimate of drug-likeness (QED) is 0.926. The third kappa shape index (κ3) is 1.54. The van der Waals surface area contributed by atoms with Crippen molar-refractivity contribution in [1.29, 1.82) is 0 Å². The van der Waals surface area contributed by atoms with Crippen LogP contribution in [0.3, 0.4) is 0 Å². The molecule has 0 fully saturated rings. The zero-order valence-electron chi connectivity index (χ0n) is 8.74. The number of nitrogens with two attached hydrogens (primary N) is 1. The molecule has 0 aliphatic carbocycles. The first kappa shape index (κ1) is 10.5. The Bertz CT molecular complexity index is 529. The van der Waals surface area contributed by atoms with E-state index in [-0.39, 0.29) is 0 Å². The molecule has 0 saturated carbocycles. The van der Waals surface area contributed by atoms with Crippen LogP contribution in [0.5, 0.6) is 0 Å². The molecule has 0 spiro atoms. The first-order valence-corrected chi connectivity index (χ1v) is 6.99. The first-order chi connectivity index (χ1) is 7.79. The summed E-state index contributed by atoms with van der Waals surface area (Å²) >= 11 is 5.21. The Morgan fingerprint density at radius 3 is 3.12 bits per heavy atom. The van der Waals surface area contributed by atoms with Gasteiger partial charge in [0.1, 0.15) is 11.5 Å². The van der Waals surface area contributed by atoms with Crippen LogP contribution >= 0.6 is 27.3 Å². The van der Waals surface area contributed by atoms with Gasteiger partial charge in [-0.25, -0.2) is 4.98 Å². The lowest BCUT2D eigenvalue weighted by molar-refractivity contribution is 0.689. The van der Waals surface area contributed by atoms with Crippen LogP contribution in [0.4, 0.5) is 0 Å². The van der Waals surface area contributed by atoms with Crippen molar-refractivity contribution < 1.29 is 0 Å². The van der Waals surface area contributed by atoms with Crippen LogP contribution in [0.15, 0.2) is 15.9 Å². The van der Waals surface area contributed by atoms with E-state index >= 15 is 0 Å². The Labute approximate surface area is 106 Å². The predicted octanol–water partition coefficient (Wildman–Crippen LogP) is 2.78. The zero-order chi connectivity index (χ0) is 11.1. The van der Waals surface area contributed by atoms with Crippen LogP contribution < -0.4 is 5.73 Å². The number of hydrogen-bond acceptors (Lipinski definition) is 3. The van der Waals surface area contributed by atoms with Gasteiger partial charge in [0.2, 0.25) is 0 Å². The third-order valence-electron chi connectivity index (χ3n) is 2.93. The molecule has 0 amide bonds. The number of fused-ring (bicyclic) bond motifs is 1. The summed E-state index contributed by atoms with van der Waals surface area (Å²) in [7, 11) is 0. The van der Waals surface area contributed by atoms with Crippen LogP contribution in [0.1, 0.15) is 17.9 Å². The Morgan fingerprint density at radius 2 is 2.44 bits per heavy atom. The summed E-state index contributed by atoms with van der Waals surface area (Å²) in [4.78, 5) is 5.89. The number of imidazole rings is 1. The van der Waals surface area contributed by atoms with Gasteiger partial charge in [-0.1, -0.05) is 0 Å². The molecular formula is C11H12BrN3S. The van der Waals surface area contributed by atoms with Gasteiger partial charge >= 0.3 is 0 Å². The average Bonchev–Trinajstić information content (AvgIpc) is 2.92. The summed E-state index contributed by atoms with van der Waals surface area (Å²) in [6.07, 6.45) is 2.34. The van der Waals surface area contributed by atoms with Crippen molar-refractivity contribution in [3.63, 3.8) is 0 Å². The molecule has 84 valence electrons. The maximum atomic E-state index is 5.73. The molecule has 1 aliphatic heterocycles. The molecule has 16 heavy (non-hydrogen) atoms.